The van der Waals surface area contributed by atoms with Gasteiger partial charge >= 0.3 is 13.8 Å². The Labute approximate surface area is 173 Å². The molecular formula is C18H39O10P. The highest BCUT2D eigenvalue weighted by atomic mass is 31.2. The summed E-state index contributed by atoms with van der Waals surface area (Å²) in [6.07, 6.45) is 8.52. The van der Waals surface area contributed by atoms with Crippen molar-refractivity contribution in [1.82, 2.24) is 0 Å². The predicted molar refractivity (Wildman–Crippen MR) is 107 cm³/mol. The molecule has 0 aromatic carbocycles. The average Bonchev–Trinajstić information content (AvgIpc) is 2.68. The van der Waals surface area contributed by atoms with Gasteiger partial charge in [-0.2, -0.15) is 0 Å². The van der Waals surface area contributed by atoms with E-state index in [1.165, 1.54) is 38.5 Å². The van der Waals surface area contributed by atoms with Crippen LogP contribution in [-0.2, 0) is 18.6 Å². The van der Waals surface area contributed by atoms with Gasteiger partial charge in [0.1, 0.15) is 18.8 Å². The monoisotopic (exact) mass is 446 g/mol. The van der Waals surface area contributed by atoms with Gasteiger partial charge in [0, 0.05) is 6.42 Å². The molecule has 0 saturated heterocycles. The molecule has 0 aromatic rings. The van der Waals surface area contributed by atoms with Gasteiger partial charge in [0.2, 0.25) is 0 Å². The zero-order valence-corrected chi connectivity index (χ0v) is 18.2. The van der Waals surface area contributed by atoms with Gasteiger partial charge in [-0.1, -0.05) is 58.3 Å². The Bertz CT molecular complexity index is 411. The third-order valence-electron chi connectivity index (χ3n) is 3.78. The van der Waals surface area contributed by atoms with E-state index in [0.717, 1.165) is 19.3 Å². The molecule has 0 aromatic heterocycles. The van der Waals surface area contributed by atoms with Crippen molar-refractivity contribution in [2.75, 3.05) is 26.4 Å². The lowest BCUT2D eigenvalue weighted by Gasteiger charge is -2.12. The molecule has 0 aliphatic carbocycles. The number of unbranched alkanes of at least 4 members (excludes halogenated alkanes) is 8. The number of aliphatic hydroxyl groups excluding tert-OH is 4. The van der Waals surface area contributed by atoms with Crippen molar-refractivity contribution in [2.45, 2.75) is 83.3 Å². The average molecular weight is 446 g/mol. The zero-order chi connectivity index (χ0) is 22.5. The van der Waals surface area contributed by atoms with E-state index in [0.29, 0.717) is 6.42 Å². The minimum absolute atomic E-state index is 0.294. The Hall–Kier alpha value is -0.580. The highest BCUT2D eigenvalue weighted by molar-refractivity contribution is 7.46. The molecule has 0 aliphatic heterocycles. The summed E-state index contributed by atoms with van der Waals surface area (Å²) in [7, 11) is -4.61. The Morgan fingerprint density at radius 2 is 1.31 bits per heavy atom. The fourth-order valence-corrected chi connectivity index (χ4v) is 2.50. The zero-order valence-electron chi connectivity index (χ0n) is 17.3. The summed E-state index contributed by atoms with van der Waals surface area (Å²) in [6, 6.07) is 0. The molecule has 1 unspecified atom stereocenters. The molecular weight excluding hydrogens is 407 g/mol. The summed E-state index contributed by atoms with van der Waals surface area (Å²) in [5.41, 5.74) is 0. The second kappa shape index (κ2) is 20.7. The molecule has 0 bridgehead atoms. The summed E-state index contributed by atoms with van der Waals surface area (Å²) in [5.74, 6) is -0.414. The standard InChI is InChI=1S/C15H31O7P.C3H8O3/c1-2-3-4-5-6-7-8-9-10-11-15(17)21-12-14(16)13-22-23(18,19)20;4-1-3(6)2-5/h14,16H,2-13H2,1H3,(H2,18,19,20);3-6H,1-2H2. The predicted octanol–water partition coefficient (Wildman–Crippen LogP) is 1.25. The van der Waals surface area contributed by atoms with E-state index in [2.05, 4.69) is 11.4 Å². The molecule has 0 saturated carbocycles. The highest BCUT2D eigenvalue weighted by Crippen LogP contribution is 2.35. The number of carbonyl (C=O) groups is 1. The molecule has 0 spiro atoms. The van der Waals surface area contributed by atoms with Crippen LogP contribution >= 0.6 is 7.82 Å². The van der Waals surface area contributed by atoms with Crippen molar-refractivity contribution >= 4 is 13.8 Å². The topological polar surface area (TPSA) is 174 Å². The number of rotatable bonds is 17. The maximum atomic E-state index is 11.4. The minimum atomic E-state index is -4.61. The molecule has 176 valence electrons. The second-order valence-electron chi connectivity index (χ2n) is 6.72. The molecule has 6 N–H and O–H groups in total. The van der Waals surface area contributed by atoms with Crippen LogP contribution in [-0.4, -0.2) is 74.8 Å². The van der Waals surface area contributed by atoms with E-state index >= 15 is 0 Å². The molecule has 0 heterocycles. The third-order valence-corrected chi connectivity index (χ3v) is 4.26. The quantitative estimate of drug-likeness (QED) is 0.108. The van der Waals surface area contributed by atoms with E-state index in [9.17, 15) is 14.5 Å². The van der Waals surface area contributed by atoms with Gasteiger partial charge in [0.05, 0.1) is 19.8 Å². The van der Waals surface area contributed by atoms with Crippen LogP contribution in [0.1, 0.15) is 71.1 Å². The summed E-state index contributed by atoms with van der Waals surface area (Å²) in [6.45, 7) is 0.571. The summed E-state index contributed by atoms with van der Waals surface area (Å²) >= 11 is 0. The van der Waals surface area contributed by atoms with Crippen LogP contribution in [0.15, 0.2) is 0 Å². The first-order valence-electron chi connectivity index (χ1n) is 10.1. The van der Waals surface area contributed by atoms with Crippen LogP contribution in [0.4, 0.5) is 0 Å². The molecule has 0 rings (SSSR count). The van der Waals surface area contributed by atoms with Crippen LogP contribution in [0.3, 0.4) is 0 Å². The van der Waals surface area contributed by atoms with Gasteiger partial charge in [0.25, 0.3) is 0 Å². The maximum Gasteiger partial charge on any atom is 0.469 e. The number of phosphoric ester groups is 1. The Kier molecular flexibility index (Phi) is 21.8. The first kappa shape index (κ1) is 30.6. The first-order valence-corrected chi connectivity index (χ1v) is 11.6. The van der Waals surface area contributed by atoms with Crippen LogP contribution < -0.4 is 0 Å². The van der Waals surface area contributed by atoms with Gasteiger partial charge < -0.3 is 34.9 Å². The van der Waals surface area contributed by atoms with Gasteiger partial charge in [-0.3, -0.25) is 9.32 Å². The van der Waals surface area contributed by atoms with Crippen LogP contribution in [0.2, 0.25) is 0 Å². The van der Waals surface area contributed by atoms with E-state index in [-0.39, 0.29) is 19.8 Å². The smallest absolute Gasteiger partial charge is 0.463 e. The summed E-state index contributed by atoms with van der Waals surface area (Å²) in [4.78, 5) is 28.4. The lowest BCUT2D eigenvalue weighted by Crippen LogP contribution is -2.23. The normalized spacial score (nSPS) is 12.4. The van der Waals surface area contributed by atoms with E-state index < -0.39 is 32.6 Å². The Balaban J connectivity index is 0. The molecule has 11 heteroatoms. The largest absolute Gasteiger partial charge is 0.469 e. The molecule has 0 aliphatic rings. The van der Waals surface area contributed by atoms with Gasteiger partial charge in [0.15, 0.2) is 0 Å². The van der Waals surface area contributed by atoms with Crippen molar-refractivity contribution in [3.63, 3.8) is 0 Å². The van der Waals surface area contributed by atoms with Crippen LogP contribution in [0.5, 0.6) is 0 Å². The molecule has 0 fully saturated rings. The lowest BCUT2D eigenvalue weighted by atomic mass is 10.1. The fraction of sp³-hybridized carbons (Fsp3) is 0.944. The van der Waals surface area contributed by atoms with Crippen molar-refractivity contribution in [1.29, 1.82) is 0 Å². The first-order chi connectivity index (χ1) is 13.7. The molecule has 10 nitrogen and oxygen atoms in total. The van der Waals surface area contributed by atoms with Crippen LogP contribution in [0.25, 0.3) is 0 Å². The summed E-state index contributed by atoms with van der Waals surface area (Å²) < 4.78 is 19.4. The Morgan fingerprint density at radius 3 is 1.72 bits per heavy atom. The SMILES string of the molecule is CCCCCCCCCCCC(=O)OCC(O)COP(=O)(O)O.OCC(O)CO. The van der Waals surface area contributed by atoms with Crippen molar-refractivity contribution in [2.24, 2.45) is 0 Å². The van der Waals surface area contributed by atoms with Crippen molar-refractivity contribution < 1.29 is 48.8 Å². The molecule has 29 heavy (non-hydrogen) atoms. The number of aliphatic hydroxyl groups is 4. The summed E-state index contributed by atoms with van der Waals surface area (Å²) in [5, 5.41) is 33.4. The number of hydrogen-bond donors (Lipinski definition) is 6. The molecule has 0 amide bonds. The van der Waals surface area contributed by atoms with Crippen LogP contribution in [0, 0.1) is 0 Å². The minimum Gasteiger partial charge on any atom is -0.463 e. The fourth-order valence-electron chi connectivity index (χ4n) is 2.13. The van der Waals surface area contributed by atoms with Crippen molar-refractivity contribution in [3.8, 4) is 0 Å². The number of phosphoric acid groups is 1. The van der Waals surface area contributed by atoms with E-state index in [1.54, 1.807) is 0 Å². The third kappa shape index (κ3) is 27.4. The van der Waals surface area contributed by atoms with Crippen molar-refractivity contribution in [3.05, 3.63) is 0 Å². The number of hydrogen-bond acceptors (Lipinski definition) is 8. The van der Waals surface area contributed by atoms with E-state index in [1.807, 2.05) is 0 Å². The van der Waals surface area contributed by atoms with E-state index in [4.69, 9.17) is 29.8 Å². The van der Waals surface area contributed by atoms with Gasteiger partial charge in [-0.25, -0.2) is 4.57 Å². The maximum absolute atomic E-state index is 11.4. The van der Waals surface area contributed by atoms with Gasteiger partial charge in [-0.05, 0) is 6.42 Å². The number of esters is 1. The highest BCUT2D eigenvalue weighted by Gasteiger charge is 2.17. The van der Waals surface area contributed by atoms with Gasteiger partial charge in [-0.15, -0.1) is 0 Å². The lowest BCUT2D eigenvalue weighted by molar-refractivity contribution is -0.147. The number of ether oxygens (including phenoxy) is 1. The number of carbonyl (C=O) groups excluding carboxylic acids is 1. The molecule has 0 radical (unpaired) electrons. The second-order valence-corrected chi connectivity index (χ2v) is 7.96. The molecule has 1 atom stereocenters. The Morgan fingerprint density at radius 1 is 0.828 bits per heavy atom.